The average molecular weight is 291 g/mol. The van der Waals surface area contributed by atoms with Crippen LogP contribution < -0.4 is 4.90 Å². The van der Waals surface area contributed by atoms with Crippen molar-refractivity contribution >= 4 is 5.69 Å². The average Bonchev–Trinajstić information content (AvgIpc) is 2.90. The summed E-state index contributed by atoms with van der Waals surface area (Å²) >= 11 is 0. The van der Waals surface area contributed by atoms with Crippen LogP contribution in [0.25, 0.3) is 0 Å². The zero-order chi connectivity index (χ0) is 14.7. The molecule has 4 nitrogen and oxygen atoms in total. The lowest BCUT2D eigenvalue weighted by atomic mass is 9.94. The third-order valence-electron chi connectivity index (χ3n) is 4.54. The molecule has 1 heterocycles. The van der Waals surface area contributed by atoms with Gasteiger partial charge in [0.05, 0.1) is 13.2 Å². The summed E-state index contributed by atoms with van der Waals surface area (Å²) in [6.45, 7) is 1.58. The van der Waals surface area contributed by atoms with E-state index in [1.807, 2.05) is 18.2 Å². The molecule has 1 aromatic rings. The summed E-state index contributed by atoms with van der Waals surface area (Å²) in [6.07, 6.45) is 5.92. The molecule has 1 N–H and O–H groups in total. The van der Waals surface area contributed by atoms with Crippen molar-refractivity contribution in [1.29, 1.82) is 0 Å². The van der Waals surface area contributed by atoms with Gasteiger partial charge in [0.15, 0.2) is 5.79 Å². The molecule has 4 heteroatoms. The van der Waals surface area contributed by atoms with Gasteiger partial charge in [0.1, 0.15) is 6.10 Å². The van der Waals surface area contributed by atoms with E-state index in [9.17, 15) is 5.11 Å². The quantitative estimate of drug-likeness (QED) is 0.926. The maximum atomic E-state index is 9.23. The van der Waals surface area contributed by atoms with Crippen molar-refractivity contribution in [3.8, 4) is 0 Å². The molecule has 1 aliphatic heterocycles. The first kappa shape index (κ1) is 14.8. The lowest BCUT2D eigenvalue weighted by molar-refractivity contribution is -0.186. The Balaban J connectivity index is 1.59. The summed E-state index contributed by atoms with van der Waals surface area (Å²) in [5.41, 5.74) is 2.04. The highest BCUT2D eigenvalue weighted by molar-refractivity contribution is 5.47. The Morgan fingerprint density at radius 2 is 2.10 bits per heavy atom. The predicted octanol–water partition coefficient (Wildman–Crippen LogP) is 2.69. The molecule has 3 rings (SSSR count). The van der Waals surface area contributed by atoms with Gasteiger partial charge >= 0.3 is 0 Å². The van der Waals surface area contributed by atoms with E-state index in [4.69, 9.17) is 9.47 Å². The van der Waals surface area contributed by atoms with E-state index in [2.05, 4.69) is 18.0 Å². The molecule has 116 valence electrons. The first-order chi connectivity index (χ1) is 10.2. The molecular weight excluding hydrogens is 266 g/mol. The Hall–Kier alpha value is -1.10. The minimum Gasteiger partial charge on any atom is -0.392 e. The monoisotopic (exact) mass is 291 g/mol. The maximum absolute atomic E-state index is 9.23. The van der Waals surface area contributed by atoms with Crippen LogP contribution in [0.4, 0.5) is 5.69 Å². The number of benzene rings is 1. The van der Waals surface area contributed by atoms with Gasteiger partial charge in [-0.25, -0.2) is 0 Å². The van der Waals surface area contributed by atoms with Crippen molar-refractivity contribution in [1.82, 2.24) is 0 Å². The first-order valence-electron chi connectivity index (χ1n) is 7.93. The fourth-order valence-corrected chi connectivity index (χ4v) is 3.36. The van der Waals surface area contributed by atoms with Gasteiger partial charge in [0, 0.05) is 32.1 Å². The minimum absolute atomic E-state index is 0.0772. The number of likely N-dealkylation sites (N-methyl/N-ethyl adjacent to an activating group) is 1. The molecule has 0 aromatic heterocycles. The van der Waals surface area contributed by atoms with Crippen LogP contribution in [-0.2, 0) is 16.1 Å². The van der Waals surface area contributed by atoms with Gasteiger partial charge in [-0.3, -0.25) is 0 Å². The molecule has 1 aliphatic carbocycles. The fraction of sp³-hybridized carbons (Fsp3) is 0.647. The summed E-state index contributed by atoms with van der Waals surface area (Å²) in [5, 5.41) is 9.23. The molecule has 1 spiro atoms. The summed E-state index contributed by atoms with van der Waals surface area (Å²) in [5.74, 6) is -0.295. The molecule has 21 heavy (non-hydrogen) atoms. The van der Waals surface area contributed by atoms with Gasteiger partial charge in [0.25, 0.3) is 0 Å². The van der Waals surface area contributed by atoms with Crippen molar-refractivity contribution in [2.45, 2.75) is 50.6 Å². The van der Waals surface area contributed by atoms with Gasteiger partial charge in [0.2, 0.25) is 0 Å². The topological polar surface area (TPSA) is 41.9 Å². The zero-order valence-corrected chi connectivity index (χ0v) is 12.8. The molecule has 0 bridgehead atoms. The van der Waals surface area contributed by atoms with Gasteiger partial charge < -0.3 is 19.5 Å². The lowest BCUT2D eigenvalue weighted by Gasteiger charge is -2.32. The molecule has 2 aliphatic rings. The Bertz CT molecular complexity index is 471. The highest BCUT2D eigenvalue weighted by atomic mass is 16.7. The largest absolute Gasteiger partial charge is 0.392 e. The highest BCUT2D eigenvalue weighted by Gasteiger charge is 2.42. The number of anilines is 1. The third kappa shape index (κ3) is 3.39. The number of ether oxygens (including phenoxy) is 2. The van der Waals surface area contributed by atoms with E-state index in [1.54, 1.807) is 0 Å². The SMILES string of the molecule is CN(CC1COC2(CCCCC2)O1)c1cccc(CO)c1. The van der Waals surface area contributed by atoms with Gasteiger partial charge in [-0.1, -0.05) is 18.6 Å². The highest BCUT2D eigenvalue weighted by Crippen LogP contribution is 2.38. The van der Waals surface area contributed by atoms with Crippen molar-refractivity contribution in [3.63, 3.8) is 0 Å². The maximum Gasteiger partial charge on any atom is 0.168 e. The van der Waals surface area contributed by atoms with Crippen LogP contribution in [0.2, 0.25) is 0 Å². The van der Waals surface area contributed by atoms with Crippen LogP contribution in [0.15, 0.2) is 24.3 Å². The lowest BCUT2D eigenvalue weighted by Crippen LogP contribution is -2.36. The molecule has 0 amide bonds. The summed E-state index contributed by atoms with van der Waals surface area (Å²) < 4.78 is 12.2. The van der Waals surface area contributed by atoms with Crippen LogP contribution in [0.3, 0.4) is 0 Å². The molecule has 1 unspecified atom stereocenters. The van der Waals surface area contributed by atoms with E-state index in [1.165, 1.54) is 19.3 Å². The fourth-order valence-electron chi connectivity index (χ4n) is 3.36. The Morgan fingerprint density at radius 3 is 2.86 bits per heavy atom. The molecule has 1 atom stereocenters. The van der Waals surface area contributed by atoms with Crippen molar-refractivity contribution in [3.05, 3.63) is 29.8 Å². The number of rotatable bonds is 4. The Kier molecular flexibility index (Phi) is 4.48. The van der Waals surface area contributed by atoms with E-state index in [-0.39, 0.29) is 18.5 Å². The van der Waals surface area contributed by atoms with Crippen LogP contribution >= 0.6 is 0 Å². The summed E-state index contributed by atoms with van der Waals surface area (Å²) in [6, 6.07) is 7.99. The van der Waals surface area contributed by atoms with E-state index in [0.29, 0.717) is 6.61 Å². The van der Waals surface area contributed by atoms with Crippen LogP contribution in [0.1, 0.15) is 37.7 Å². The molecule has 1 saturated heterocycles. The van der Waals surface area contributed by atoms with Crippen LogP contribution in [-0.4, -0.2) is 37.2 Å². The second-order valence-corrected chi connectivity index (χ2v) is 6.23. The van der Waals surface area contributed by atoms with Gasteiger partial charge in [-0.2, -0.15) is 0 Å². The minimum atomic E-state index is -0.295. The Morgan fingerprint density at radius 1 is 1.29 bits per heavy atom. The standard InChI is InChI=1S/C17H25NO3/c1-18(15-7-5-6-14(10-15)12-19)11-16-13-20-17(21-16)8-3-2-4-9-17/h5-7,10,16,19H,2-4,8-9,11-13H2,1H3. The van der Waals surface area contributed by atoms with Crippen LogP contribution in [0.5, 0.6) is 0 Å². The van der Waals surface area contributed by atoms with Crippen LogP contribution in [0, 0.1) is 0 Å². The van der Waals surface area contributed by atoms with Crippen molar-refractivity contribution in [2.75, 3.05) is 25.1 Å². The van der Waals surface area contributed by atoms with Gasteiger partial charge in [-0.05, 0) is 30.5 Å². The third-order valence-corrected chi connectivity index (χ3v) is 4.54. The number of aliphatic hydroxyl groups excluding tert-OH is 1. The smallest absolute Gasteiger partial charge is 0.168 e. The van der Waals surface area contributed by atoms with Gasteiger partial charge in [-0.15, -0.1) is 0 Å². The summed E-state index contributed by atoms with van der Waals surface area (Å²) in [7, 11) is 2.06. The number of nitrogens with zero attached hydrogens (tertiary/aromatic N) is 1. The van der Waals surface area contributed by atoms with E-state index >= 15 is 0 Å². The second kappa shape index (κ2) is 6.34. The summed E-state index contributed by atoms with van der Waals surface area (Å²) in [4.78, 5) is 2.18. The predicted molar refractivity (Wildman–Crippen MR) is 82.3 cm³/mol. The normalized spacial score (nSPS) is 24.4. The van der Waals surface area contributed by atoms with E-state index < -0.39 is 0 Å². The molecule has 1 saturated carbocycles. The zero-order valence-electron chi connectivity index (χ0n) is 12.8. The number of hydrogen-bond acceptors (Lipinski definition) is 4. The number of aliphatic hydroxyl groups is 1. The van der Waals surface area contributed by atoms with Crippen molar-refractivity contribution in [2.24, 2.45) is 0 Å². The Labute approximate surface area is 126 Å². The first-order valence-corrected chi connectivity index (χ1v) is 7.93. The number of hydrogen-bond donors (Lipinski definition) is 1. The molecule has 2 fully saturated rings. The second-order valence-electron chi connectivity index (χ2n) is 6.23. The molecule has 1 aromatic carbocycles. The molecule has 0 radical (unpaired) electrons. The molecular formula is C17H25NO3. The van der Waals surface area contributed by atoms with E-state index in [0.717, 1.165) is 30.6 Å². The van der Waals surface area contributed by atoms with Crippen molar-refractivity contribution < 1.29 is 14.6 Å².